The molecule has 2 heterocycles. The Bertz CT molecular complexity index is 1300. The van der Waals surface area contributed by atoms with E-state index in [1.54, 1.807) is 28.8 Å². The summed E-state index contributed by atoms with van der Waals surface area (Å²) in [6.45, 7) is 1.88. The predicted molar refractivity (Wildman–Crippen MR) is 125 cm³/mol. The van der Waals surface area contributed by atoms with Gasteiger partial charge in [0.05, 0.1) is 17.8 Å². The van der Waals surface area contributed by atoms with E-state index in [-0.39, 0.29) is 23.0 Å². The Balaban J connectivity index is 1.53. The molecule has 0 aliphatic rings. The van der Waals surface area contributed by atoms with E-state index in [2.05, 4.69) is 10.3 Å². The van der Waals surface area contributed by atoms with Crippen molar-refractivity contribution in [2.75, 3.05) is 11.1 Å². The van der Waals surface area contributed by atoms with Gasteiger partial charge in [-0.15, -0.1) is 11.3 Å². The first kappa shape index (κ1) is 21.0. The van der Waals surface area contributed by atoms with Gasteiger partial charge in [-0.05, 0) is 48.2 Å². The van der Waals surface area contributed by atoms with Gasteiger partial charge in [0, 0.05) is 11.3 Å². The van der Waals surface area contributed by atoms with E-state index >= 15 is 0 Å². The number of rotatable bonds is 7. The van der Waals surface area contributed by atoms with Crippen molar-refractivity contribution < 1.29 is 9.59 Å². The van der Waals surface area contributed by atoms with Crippen molar-refractivity contribution in [2.45, 2.75) is 18.6 Å². The zero-order chi connectivity index (χ0) is 21.8. The lowest BCUT2D eigenvalue weighted by Crippen LogP contribution is -2.24. The molecule has 0 aliphatic heterocycles. The second-order valence-electron chi connectivity index (χ2n) is 6.88. The van der Waals surface area contributed by atoms with Gasteiger partial charge in [0.25, 0.3) is 5.56 Å². The van der Waals surface area contributed by atoms with Gasteiger partial charge in [-0.2, -0.15) is 0 Å². The van der Waals surface area contributed by atoms with Crippen molar-refractivity contribution in [3.63, 3.8) is 0 Å². The number of Topliss-reactive ketones (excluding diaryl/α,β-unsaturated/α-hetero) is 1. The minimum absolute atomic E-state index is 0.0280. The van der Waals surface area contributed by atoms with E-state index in [1.165, 1.54) is 30.0 Å². The van der Waals surface area contributed by atoms with Crippen LogP contribution < -0.4 is 10.9 Å². The third-order valence-electron chi connectivity index (χ3n) is 4.62. The first-order valence-electron chi connectivity index (χ1n) is 9.57. The molecule has 0 unspecified atom stereocenters. The number of benzene rings is 2. The van der Waals surface area contributed by atoms with Gasteiger partial charge in [-0.1, -0.05) is 42.1 Å². The molecule has 4 aromatic rings. The molecule has 6 nitrogen and oxygen atoms in total. The third kappa shape index (κ3) is 4.92. The molecule has 0 radical (unpaired) electrons. The molecule has 1 N–H and O–H groups in total. The number of carbonyl (C=O) groups excluding carboxylic acids is 2. The molecule has 4 rings (SSSR count). The van der Waals surface area contributed by atoms with Crippen LogP contribution >= 0.6 is 23.1 Å². The molecule has 1 amide bonds. The fourth-order valence-electron chi connectivity index (χ4n) is 3.05. The van der Waals surface area contributed by atoms with Gasteiger partial charge in [0.15, 0.2) is 10.9 Å². The van der Waals surface area contributed by atoms with Crippen LogP contribution in [-0.4, -0.2) is 27.0 Å². The molecule has 0 atom stereocenters. The molecule has 0 spiro atoms. The first-order chi connectivity index (χ1) is 15.0. The Morgan fingerprint density at radius 2 is 1.81 bits per heavy atom. The maximum atomic E-state index is 13.0. The average Bonchev–Trinajstić information content (AvgIpc) is 3.24. The quantitative estimate of drug-likeness (QED) is 0.256. The number of ketones is 1. The molecular weight excluding hydrogens is 430 g/mol. The number of hydrogen-bond acceptors (Lipinski definition) is 6. The second-order valence-corrected chi connectivity index (χ2v) is 8.74. The summed E-state index contributed by atoms with van der Waals surface area (Å²) in [6, 6.07) is 18.2. The highest BCUT2D eigenvalue weighted by molar-refractivity contribution is 7.99. The Labute approximate surface area is 186 Å². The highest BCUT2D eigenvalue weighted by Crippen LogP contribution is 2.22. The Morgan fingerprint density at radius 1 is 1.06 bits per heavy atom. The van der Waals surface area contributed by atoms with Crippen LogP contribution in [0.25, 0.3) is 10.2 Å². The molecule has 0 bridgehead atoms. The summed E-state index contributed by atoms with van der Waals surface area (Å²) >= 11 is 2.59. The summed E-state index contributed by atoms with van der Waals surface area (Å²) in [7, 11) is 0. The van der Waals surface area contributed by atoms with Crippen molar-refractivity contribution in [1.29, 1.82) is 0 Å². The fourth-order valence-corrected chi connectivity index (χ4v) is 4.63. The number of hydrogen-bond donors (Lipinski definition) is 1. The lowest BCUT2D eigenvalue weighted by molar-refractivity contribution is -0.113. The minimum atomic E-state index is -0.216. The first-order valence-corrected chi connectivity index (χ1v) is 11.4. The lowest BCUT2D eigenvalue weighted by atomic mass is 10.1. The summed E-state index contributed by atoms with van der Waals surface area (Å²) in [6.07, 6.45) is 0. The molecule has 0 saturated carbocycles. The number of amides is 1. The molecule has 31 heavy (non-hydrogen) atoms. The Hall–Kier alpha value is -3.23. The van der Waals surface area contributed by atoms with Crippen molar-refractivity contribution in [3.8, 4) is 0 Å². The maximum Gasteiger partial charge on any atom is 0.272 e. The predicted octanol–water partition coefficient (Wildman–Crippen LogP) is 4.44. The number of anilines is 1. The number of nitrogens with zero attached hydrogens (tertiary/aromatic N) is 2. The molecule has 2 aromatic carbocycles. The smallest absolute Gasteiger partial charge is 0.272 e. The molecule has 0 saturated heterocycles. The standard InChI is InChI=1S/C23H19N3O3S2/c1-15(27)17-7-9-18(10-8-17)24-20(28)14-31-23-25-19-11-12-30-21(19)22(29)26(23)13-16-5-3-2-4-6-16/h2-12H,13-14H2,1H3,(H,24,28). The number of aromatic nitrogens is 2. The molecule has 0 fully saturated rings. The highest BCUT2D eigenvalue weighted by Gasteiger charge is 2.15. The van der Waals surface area contributed by atoms with Crippen LogP contribution in [0, 0.1) is 0 Å². The SMILES string of the molecule is CC(=O)c1ccc(NC(=O)CSc2nc3ccsc3c(=O)n2Cc2ccccc2)cc1. The van der Waals surface area contributed by atoms with Crippen molar-refractivity contribution in [2.24, 2.45) is 0 Å². The molecule has 0 aliphatic carbocycles. The Morgan fingerprint density at radius 3 is 2.52 bits per heavy atom. The van der Waals surface area contributed by atoms with Crippen LogP contribution in [0.2, 0.25) is 0 Å². The summed E-state index contributed by atoms with van der Waals surface area (Å²) in [5.74, 6) is -0.142. The van der Waals surface area contributed by atoms with E-state index in [9.17, 15) is 14.4 Å². The van der Waals surface area contributed by atoms with Gasteiger partial charge >= 0.3 is 0 Å². The van der Waals surface area contributed by atoms with Crippen LogP contribution in [0.1, 0.15) is 22.8 Å². The topological polar surface area (TPSA) is 81.1 Å². The van der Waals surface area contributed by atoms with Crippen molar-refractivity contribution in [3.05, 3.63) is 87.5 Å². The highest BCUT2D eigenvalue weighted by atomic mass is 32.2. The number of thioether (sulfide) groups is 1. The van der Waals surface area contributed by atoms with Gasteiger partial charge in [-0.25, -0.2) is 4.98 Å². The lowest BCUT2D eigenvalue weighted by Gasteiger charge is -2.12. The number of fused-ring (bicyclic) bond motifs is 1. The number of carbonyl (C=O) groups is 2. The van der Waals surface area contributed by atoms with Crippen LogP contribution in [0.4, 0.5) is 5.69 Å². The van der Waals surface area contributed by atoms with E-state index in [1.807, 2.05) is 41.8 Å². The third-order valence-corrected chi connectivity index (χ3v) is 6.49. The van der Waals surface area contributed by atoms with E-state index < -0.39 is 0 Å². The Kier molecular flexibility index (Phi) is 6.29. The largest absolute Gasteiger partial charge is 0.325 e. The van der Waals surface area contributed by atoms with Crippen LogP contribution in [0.5, 0.6) is 0 Å². The minimum Gasteiger partial charge on any atom is -0.325 e. The van der Waals surface area contributed by atoms with E-state index in [4.69, 9.17) is 0 Å². The zero-order valence-electron chi connectivity index (χ0n) is 16.7. The molecular formula is C23H19N3O3S2. The normalized spacial score (nSPS) is 10.9. The van der Waals surface area contributed by atoms with Gasteiger partial charge < -0.3 is 5.32 Å². The van der Waals surface area contributed by atoms with Gasteiger partial charge in [0.2, 0.25) is 5.91 Å². The van der Waals surface area contributed by atoms with Crippen LogP contribution in [0.3, 0.4) is 0 Å². The van der Waals surface area contributed by atoms with Gasteiger partial charge in [-0.3, -0.25) is 19.0 Å². The van der Waals surface area contributed by atoms with Crippen LogP contribution in [0.15, 0.2) is 76.0 Å². The zero-order valence-corrected chi connectivity index (χ0v) is 18.3. The monoisotopic (exact) mass is 449 g/mol. The number of nitrogens with one attached hydrogen (secondary N) is 1. The average molecular weight is 450 g/mol. The summed E-state index contributed by atoms with van der Waals surface area (Å²) < 4.78 is 2.23. The van der Waals surface area contributed by atoms with E-state index in [0.29, 0.717) is 33.2 Å². The fraction of sp³-hybridized carbons (Fsp3) is 0.130. The molecule has 2 aromatic heterocycles. The number of thiophene rings is 1. The second kappa shape index (κ2) is 9.28. The summed E-state index contributed by atoms with van der Waals surface area (Å²) in [4.78, 5) is 41.5. The van der Waals surface area contributed by atoms with E-state index in [0.717, 1.165) is 5.56 Å². The van der Waals surface area contributed by atoms with Crippen molar-refractivity contribution >= 4 is 50.7 Å². The summed E-state index contributed by atoms with van der Waals surface area (Å²) in [5, 5.41) is 5.16. The van der Waals surface area contributed by atoms with Crippen molar-refractivity contribution in [1.82, 2.24) is 9.55 Å². The maximum absolute atomic E-state index is 13.0. The van der Waals surface area contributed by atoms with Crippen LogP contribution in [-0.2, 0) is 11.3 Å². The molecule has 8 heteroatoms. The summed E-state index contributed by atoms with van der Waals surface area (Å²) in [5.41, 5.74) is 2.72. The van der Waals surface area contributed by atoms with Gasteiger partial charge in [0.1, 0.15) is 4.70 Å². The molecule has 156 valence electrons.